The number of likely N-dealkylation sites (tertiary alicyclic amines) is 1. The lowest BCUT2D eigenvalue weighted by Crippen LogP contribution is -2.46. The van der Waals surface area contributed by atoms with E-state index in [-0.39, 0.29) is 6.04 Å². The fourth-order valence-corrected chi connectivity index (χ4v) is 2.24. The molecule has 0 aromatic heterocycles. The molecule has 1 atom stereocenters. The van der Waals surface area contributed by atoms with Gasteiger partial charge in [0.1, 0.15) is 6.04 Å². The number of carbonyl (C=O) groups is 1. The molecule has 88 valence electrons. The standard InChI is InChI=1S/C11H22N2O2/c1-2-3-10(11(14)15)13-6-4-9(8-12)5-7-13/h9-10H,2-8,12H2,1H3,(H,14,15). The number of rotatable bonds is 5. The molecule has 1 rings (SSSR count). The Bertz CT molecular complexity index is 201. The van der Waals surface area contributed by atoms with Crippen molar-refractivity contribution in [3.05, 3.63) is 0 Å². The summed E-state index contributed by atoms with van der Waals surface area (Å²) in [6.45, 7) is 4.54. The lowest BCUT2D eigenvalue weighted by molar-refractivity contribution is -0.144. The first-order valence-electron chi connectivity index (χ1n) is 5.86. The van der Waals surface area contributed by atoms with Crippen LogP contribution in [0.5, 0.6) is 0 Å². The number of nitrogens with zero attached hydrogens (tertiary/aromatic N) is 1. The van der Waals surface area contributed by atoms with Crippen molar-refractivity contribution < 1.29 is 9.90 Å². The maximum absolute atomic E-state index is 11.1. The quantitative estimate of drug-likeness (QED) is 0.714. The van der Waals surface area contributed by atoms with Gasteiger partial charge in [-0.3, -0.25) is 9.69 Å². The summed E-state index contributed by atoms with van der Waals surface area (Å²) < 4.78 is 0. The predicted molar refractivity (Wildman–Crippen MR) is 59.7 cm³/mol. The number of piperidine rings is 1. The van der Waals surface area contributed by atoms with Gasteiger partial charge in [0.2, 0.25) is 0 Å². The number of nitrogens with two attached hydrogens (primary N) is 1. The van der Waals surface area contributed by atoms with Crippen molar-refractivity contribution in [1.82, 2.24) is 4.90 Å². The van der Waals surface area contributed by atoms with Gasteiger partial charge in [-0.2, -0.15) is 0 Å². The molecule has 1 fully saturated rings. The average Bonchev–Trinajstić information content (AvgIpc) is 2.26. The molecule has 3 N–H and O–H groups in total. The van der Waals surface area contributed by atoms with Gasteiger partial charge in [-0.15, -0.1) is 0 Å². The number of carboxylic acids is 1. The first-order valence-corrected chi connectivity index (χ1v) is 5.86. The van der Waals surface area contributed by atoms with Gasteiger partial charge in [-0.1, -0.05) is 13.3 Å². The van der Waals surface area contributed by atoms with Crippen LogP contribution < -0.4 is 5.73 Å². The van der Waals surface area contributed by atoms with Crippen molar-refractivity contribution in [3.8, 4) is 0 Å². The average molecular weight is 214 g/mol. The Kier molecular flexibility index (Phi) is 5.05. The zero-order valence-corrected chi connectivity index (χ0v) is 9.48. The lowest BCUT2D eigenvalue weighted by atomic mass is 9.95. The summed E-state index contributed by atoms with van der Waals surface area (Å²) in [6.07, 6.45) is 3.77. The van der Waals surface area contributed by atoms with E-state index in [9.17, 15) is 4.79 Å². The third-order valence-electron chi connectivity index (χ3n) is 3.27. The Labute approximate surface area is 91.4 Å². The van der Waals surface area contributed by atoms with E-state index in [2.05, 4.69) is 4.90 Å². The molecule has 1 aliphatic rings. The second kappa shape index (κ2) is 6.08. The van der Waals surface area contributed by atoms with E-state index in [4.69, 9.17) is 10.8 Å². The SMILES string of the molecule is CCCC(C(=O)O)N1CCC(CN)CC1. The fraction of sp³-hybridized carbons (Fsp3) is 0.909. The zero-order valence-electron chi connectivity index (χ0n) is 9.48. The van der Waals surface area contributed by atoms with Crippen LogP contribution in [0.3, 0.4) is 0 Å². The first-order chi connectivity index (χ1) is 7.19. The molecule has 0 amide bonds. The molecule has 1 unspecified atom stereocenters. The number of hydrogen-bond donors (Lipinski definition) is 2. The van der Waals surface area contributed by atoms with Crippen LogP contribution in [-0.2, 0) is 4.79 Å². The van der Waals surface area contributed by atoms with E-state index in [1.165, 1.54) is 0 Å². The highest BCUT2D eigenvalue weighted by molar-refractivity contribution is 5.73. The van der Waals surface area contributed by atoms with Crippen molar-refractivity contribution in [2.75, 3.05) is 19.6 Å². The summed E-state index contributed by atoms with van der Waals surface area (Å²) in [5.74, 6) is -0.0830. The summed E-state index contributed by atoms with van der Waals surface area (Å²) in [4.78, 5) is 13.2. The molecule has 0 saturated carbocycles. The highest BCUT2D eigenvalue weighted by atomic mass is 16.4. The minimum absolute atomic E-state index is 0.284. The van der Waals surface area contributed by atoms with Gasteiger partial charge in [0, 0.05) is 0 Å². The molecule has 0 aromatic rings. The summed E-state index contributed by atoms with van der Waals surface area (Å²) >= 11 is 0. The van der Waals surface area contributed by atoms with Gasteiger partial charge in [0.05, 0.1) is 0 Å². The number of hydrogen-bond acceptors (Lipinski definition) is 3. The van der Waals surface area contributed by atoms with E-state index >= 15 is 0 Å². The van der Waals surface area contributed by atoms with Crippen LogP contribution in [-0.4, -0.2) is 41.7 Å². The van der Waals surface area contributed by atoms with Crippen LogP contribution in [0, 0.1) is 5.92 Å². The number of carboxylic acid groups (broad SMARTS) is 1. The molecule has 0 radical (unpaired) electrons. The Morgan fingerprint density at radius 3 is 2.53 bits per heavy atom. The fourth-order valence-electron chi connectivity index (χ4n) is 2.24. The Morgan fingerprint density at radius 1 is 1.53 bits per heavy atom. The minimum atomic E-state index is -0.678. The molecular formula is C11H22N2O2. The van der Waals surface area contributed by atoms with Crippen molar-refractivity contribution in [1.29, 1.82) is 0 Å². The summed E-state index contributed by atoms with van der Waals surface area (Å²) in [5, 5.41) is 9.11. The molecule has 15 heavy (non-hydrogen) atoms. The molecule has 1 heterocycles. The Morgan fingerprint density at radius 2 is 2.13 bits per heavy atom. The third kappa shape index (κ3) is 3.47. The third-order valence-corrected chi connectivity index (χ3v) is 3.27. The molecule has 4 heteroatoms. The van der Waals surface area contributed by atoms with Crippen LogP contribution in [0.2, 0.25) is 0 Å². The van der Waals surface area contributed by atoms with Crippen molar-refractivity contribution in [2.24, 2.45) is 11.7 Å². The zero-order chi connectivity index (χ0) is 11.3. The van der Waals surface area contributed by atoms with Crippen molar-refractivity contribution >= 4 is 5.97 Å². The van der Waals surface area contributed by atoms with E-state index in [1.54, 1.807) is 0 Å². The summed E-state index contributed by atoms with van der Waals surface area (Å²) in [7, 11) is 0. The smallest absolute Gasteiger partial charge is 0.320 e. The Hall–Kier alpha value is -0.610. The topological polar surface area (TPSA) is 66.6 Å². The largest absolute Gasteiger partial charge is 0.480 e. The second-order valence-corrected chi connectivity index (χ2v) is 4.36. The lowest BCUT2D eigenvalue weighted by Gasteiger charge is -2.35. The second-order valence-electron chi connectivity index (χ2n) is 4.36. The predicted octanol–water partition coefficient (Wildman–Crippen LogP) is 0.910. The summed E-state index contributed by atoms with van der Waals surface area (Å²) in [6, 6.07) is -0.284. The van der Waals surface area contributed by atoms with Gasteiger partial charge in [0.15, 0.2) is 0 Å². The van der Waals surface area contributed by atoms with E-state index in [0.29, 0.717) is 5.92 Å². The van der Waals surface area contributed by atoms with E-state index in [1.807, 2.05) is 6.92 Å². The van der Waals surface area contributed by atoms with Crippen LogP contribution in [0.1, 0.15) is 32.6 Å². The van der Waals surface area contributed by atoms with Gasteiger partial charge >= 0.3 is 5.97 Å². The van der Waals surface area contributed by atoms with Gasteiger partial charge in [0.25, 0.3) is 0 Å². The highest BCUT2D eigenvalue weighted by Crippen LogP contribution is 2.19. The normalized spacial score (nSPS) is 21.5. The summed E-state index contributed by atoms with van der Waals surface area (Å²) in [5.41, 5.74) is 5.61. The van der Waals surface area contributed by atoms with Crippen molar-refractivity contribution in [2.45, 2.75) is 38.6 Å². The first kappa shape index (κ1) is 12.5. The molecular weight excluding hydrogens is 192 g/mol. The molecule has 0 spiro atoms. The van der Waals surface area contributed by atoms with E-state index < -0.39 is 5.97 Å². The van der Waals surface area contributed by atoms with Crippen molar-refractivity contribution in [3.63, 3.8) is 0 Å². The van der Waals surface area contributed by atoms with Gasteiger partial charge in [-0.05, 0) is 44.8 Å². The van der Waals surface area contributed by atoms with Crippen LogP contribution in [0.4, 0.5) is 0 Å². The van der Waals surface area contributed by atoms with Gasteiger partial charge in [-0.25, -0.2) is 0 Å². The monoisotopic (exact) mass is 214 g/mol. The molecule has 4 nitrogen and oxygen atoms in total. The molecule has 1 aliphatic heterocycles. The number of aliphatic carboxylic acids is 1. The Balaban J connectivity index is 2.45. The molecule has 0 aliphatic carbocycles. The van der Waals surface area contributed by atoms with E-state index in [0.717, 1.165) is 45.3 Å². The van der Waals surface area contributed by atoms with Gasteiger partial charge < -0.3 is 10.8 Å². The molecule has 0 bridgehead atoms. The minimum Gasteiger partial charge on any atom is -0.480 e. The van der Waals surface area contributed by atoms with Crippen LogP contribution in [0.15, 0.2) is 0 Å². The van der Waals surface area contributed by atoms with Crippen LogP contribution >= 0.6 is 0 Å². The maximum atomic E-state index is 11.1. The molecule has 1 saturated heterocycles. The maximum Gasteiger partial charge on any atom is 0.320 e. The highest BCUT2D eigenvalue weighted by Gasteiger charge is 2.28. The molecule has 0 aromatic carbocycles. The van der Waals surface area contributed by atoms with Crippen LogP contribution in [0.25, 0.3) is 0 Å².